The van der Waals surface area contributed by atoms with Crippen LogP contribution in [0.5, 0.6) is 0 Å². The molecule has 0 saturated heterocycles. The first-order chi connectivity index (χ1) is 12.7. The number of aliphatic imine (C=N–C) groups is 2. The first-order valence-electron chi connectivity index (χ1n) is 10.2. The van der Waals surface area contributed by atoms with Gasteiger partial charge in [-0.2, -0.15) is 9.98 Å². The molecule has 0 spiro atoms. The van der Waals surface area contributed by atoms with E-state index in [9.17, 15) is 0 Å². The van der Waals surface area contributed by atoms with Crippen molar-refractivity contribution in [3.63, 3.8) is 0 Å². The molecule has 144 valence electrons. The highest BCUT2D eigenvalue weighted by atomic mass is 14.8. The van der Waals surface area contributed by atoms with E-state index in [-0.39, 0.29) is 0 Å². The van der Waals surface area contributed by atoms with Crippen LogP contribution in [0.25, 0.3) is 0 Å². The molecule has 27 heavy (non-hydrogen) atoms. The topological polar surface area (TPSA) is 24.7 Å². The van der Waals surface area contributed by atoms with E-state index in [1.54, 1.807) is 0 Å². The lowest BCUT2D eigenvalue weighted by Gasteiger charge is -2.28. The van der Waals surface area contributed by atoms with Crippen molar-refractivity contribution in [2.24, 2.45) is 9.98 Å². The molecule has 0 amide bonds. The molecule has 2 heteroatoms. The summed E-state index contributed by atoms with van der Waals surface area (Å²) in [6.07, 6.45) is 0. The lowest BCUT2D eigenvalue weighted by Crippen LogP contribution is -2.10. The van der Waals surface area contributed by atoms with E-state index in [2.05, 4.69) is 72.5 Å². The van der Waals surface area contributed by atoms with E-state index < -0.39 is 0 Å². The summed E-state index contributed by atoms with van der Waals surface area (Å²) >= 11 is 0. The van der Waals surface area contributed by atoms with E-state index in [1.807, 2.05) is 30.3 Å². The summed E-state index contributed by atoms with van der Waals surface area (Å²) in [6.45, 7) is 18.2. The van der Waals surface area contributed by atoms with Crippen LogP contribution in [-0.2, 0) is 0 Å². The quantitative estimate of drug-likeness (QED) is 0.461. The number of para-hydroxylation sites is 1. The van der Waals surface area contributed by atoms with Gasteiger partial charge in [-0.05, 0) is 64.1 Å². The molecule has 0 aliphatic heterocycles. The Labute approximate surface area is 165 Å². The lowest BCUT2D eigenvalue weighted by atomic mass is 9.77. The van der Waals surface area contributed by atoms with Crippen LogP contribution in [0, 0.1) is 0 Å². The molecule has 0 saturated carbocycles. The number of hydrogen-bond acceptors (Lipinski definition) is 2. The summed E-state index contributed by atoms with van der Waals surface area (Å²) in [5.41, 5.74) is 7.60. The molecule has 0 atom stereocenters. The van der Waals surface area contributed by atoms with Gasteiger partial charge in [-0.25, -0.2) is 0 Å². The molecule has 2 rings (SSSR count). The third kappa shape index (κ3) is 4.96. The number of nitrogens with zero attached hydrogens (tertiary/aromatic N) is 2. The van der Waals surface area contributed by atoms with Crippen molar-refractivity contribution in [3.05, 3.63) is 58.7 Å². The second kappa shape index (κ2) is 9.15. The Morgan fingerprint density at radius 1 is 0.630 bits per heavy atom. The zero-order valence-electron chi connectivity index (χ0n) is 18.2. The minimum absolute atomic E-state index is 0.401. The van der Waals surface area contributed by atoms with E-state index in [0.717, 1.165) is 11.4 Å². The molecule has 2 aromatic carbocycles. The van der Waals surface area contributed by atoms with Crippen molar-refractivity contribution in [1.82, 2.24) is 0 Å². The summed E-state index contributed by atoms with van der Waals surface area (Å²) in [6, 6.07) is 15.1. The second-order valence-corrected chi connectivity index (χ2v) is 8.50. The Kier molecular flexibility index (Phi) is 7.16. The van der Waals surface area contributed by atoms with Crippen LogP contribution in [0.1, 0.15) is 101 Å². The second-order valence-electron chi connectivity index (χ2n) is 8.50. The molecule has 0 aliphatic rings. The zero-order chi connectivity index (χ0) is 20.1. The lowest BCUT2D eigenvalue weighted by molar-refractivity contribution is 0.722. The molecule has 2 aromatic rings. The first-order valence-corrected chi connectivity index (χ1v) is 10.2. The maximum Gasteiger partial charge on any atom is 0.100 e. The van der Waals surface area contributed by atoms with Gasteiger partial charge in [0.15, 0.2) is 0 Å². The van der Waals surface area contributed by atoms with Gasteiger partial charge in [-0.3, -0.25) is 0 Å². The molecule has 0 aromatic heterocycles. The van der Waals surface area contributed by atoms with Crippen molar-refractivity contribution >= 4 is 17.4 Å². The van der Waals surface area contributed by atoms with Crippen molar-refractivity contribution in [2.75, 3.05) is 0 Å². The Balaban J connectivity index is 2.74. The van der Waals surface area contributed by atoms with Crippen molar-refractivity contribution in [3.8, 4) is 0 Å². The fourth-order valence-corrected chi connectivity index (χ4v) is 3.82. The van der Waals surface area contributed by atoms with E-state index in [4.69, 9.17) is 4.99 Å². The van der Waals surface area contributed by atoms with Crippen LogP contribution in [-0.4, -0.2) is 6.01 Å². The van der Waals surface area contributed by atoms with Gasteiger partial charge in [-0.15, -0.1) is 0 Å². The molecule has 0 radical (unpaired) electrons. The maximum absolute atomic E-state index is 4.69. The smallest absolute Gasteiger partial charge is 0.100 e. The van der Waals surface area contributed by atoms with E-state index >= 15 is 0 Å². The van der Waals surface area contributed by atoms with Crippen LogP contribution in [0.4, 0.5) is 11.4 Å². The monoisotopic (exact) mass is 362 g/mol. The number of rotatable bonds is 6. The van der Waals surface area contributed by atoms with Crippen molar-refractivity contribution in [1.29, 1.82) is 0 Å². The highest BCUT2D eigenvalue weighted by molar-refractivity contribution is 5.66. The number of benzene rings is 2. The van der Waals surface area contributed by atoms with Gasteiger partial charge in [0.25, 0.3) is 0 Å². The molecule has 0 unspecified atom stereocenters. The van der Waals surface area contributed by atoms with Crippen LogP contribution in [0.15, 0.2) is 46.4 Å². The van der Waals surface area contributed by atoms with Gasteiger partial charge in [0.1, 0.15) is 6.01 Å². The minimum Gasteiger partial charge on any atom is -0.188 e. The highest BCUT2D eigenvalue weighted by Crippen LogP contribution is 2.43. The van der Waals surface area contributed by atoms with E-state index in [0.29, 0.717) is 23.7 Å². The normalized spacial score (nSPS) is 11.4. The third-order valence-corrected chi connectivity index (χ3v) is 4.92. The van der Waals surface area contributed by atoms with Gasteiger partial charge in [0.05, 0.1) is 11.4 Å². The Morgan fingerprint density at radius 2 is 1.19 bits per heavy atom. The summed E-state index contributed by atoms with van der Waals surface area (Å²) in [4.78, 5) is 9.08. The van der Waals surface area contributed by atoms with Crippen molar-refractivity contribution in [2.45, 2.75) is 79.1 Å². The Hall–Kier alpha value is -2.18. The Morgan fingerprint density at radius 3 is 1.67 bits per heavy atom. The largest absolute Gasteiger partial charge is 0.188 e. The third-order valence-electron chi connectivity index (χ3n) is 4.92. The average Bonchev–Trinajstić information content (AvgIpc) is 2.60. The minimum atomic E-state index is 0.401. The molecule has 2 nitrogen and oxygen atoms in total. The summed E-state index contributed by atoms with van der Waals surface area (Å²) < 4.78 is 0. The van der Waals surface area contributed by atoms with Crippen LogP contribution >= 0.6 is 0 Å². The molecule has 0 bridgehead atoms. The van der Waals surface area contributed by atoms with Gasteiger partial charge in [0.2, 0.25) is 0 Å². The van der Waals surface area contributed by atoms with Gasteiger partial charge in [-0.1, -0.05) is 73.6 Å². The molecule has 0 N–H and O–H groups in total. The fourth-order valence-electron chi connectivity index (χ4n) is 3.82. The van der Waals surface area contributed by atoms with Crippen LogP contribution < -0.4 is 0 Å². The molecule has 0 heterocycles. The SMILES string of the molecule is CC(C)c1cc(N=C=Nc2ccccc2)c(C(C)C)c(C(C)C)c1C(C)C. The zero-order valence-corrected chi connectivity index (χ0v) is 18.2. The summed E-state index contributed by atoms with van der Waals surface area (Å²) in [5, 5.41) is 0. The maximum atomic E-state index is 4.69. The predicted molar refractivity (Wildman–Crippen MR) is 118 cm³/mol. The predicted octanol–water partition coefficient (Wildman–Crippen LogP) is 8.32. The summed E-state index contributed by atoms with van der Waals surface area (Å²) in [7, 11) is 0. The van der Waals surface area contributed by atoms with Gasteiger partial charge in [0, 0.05) is 0 Å². The number of hydrogen-bond donors (Lipinski definition) is 0. The molecule has 0 fully saturated rings. The van der Waals surface area contributed by atoms with E-state index in [1.165, 1.54) is 22.3 Å². The van der Waals surface area contributed by atoms with Crippen LogP contribution in [0.2, 0.25) is 0 Å². The molecule has 0 aliphatic carbocycles. The van der Waals surface area contributed by atoms with Gasteiger partial charge >= 0.3 is 0 Å². The van der Waals surface area contributed by atoms with Gasteiger partial charge < -0.3 is 0 Å². The van der Waals surface area contributed by atoms with Crippen LogP contribution in [0.3, 0.4) is 0 Å². The average molecular weight is 363 g/mol. The molecular formula is C25H34N2. The molecular weight excluding hydrogens is 328 g/mol. The first kappa shape index (κ1) is 21.1. The standard InChI is InChI=1S/C25H34N2/c1-16(2)21-14-22(27-15-26-20-12-10-9-11-13-20)24(18(5)6)25(19(7)8)23(21)17(3)4/h9-14,16-19H,1-8H3. The van der Waals surface area contributed by atoms with Crippen molar-refractivity contribution < 1.29 is 0 Å². The Bertz CT molecular complexity index is 821. The highest BCUT2D eigenvalue weighted by Gasteiger charge is 2.24. The fraction of sp³-hybridized carbons (Fsp3) is 0.480. The summed E-state index contributed by atoms with van der Waals surface area (Å²) in [5.74, 6) is 1.81.